The van der Waals surface area contributed by atoms with E-state index < -0.39 is 0 Å². The number of imide groups is 1. The first-order valence-corrected chi connectivity index (χ1v) is 8.68. The van der Waals surface area contributed by atoms with Crippen LogP contribution in [-0.4, -0.2) is 24.4 Å². The molecule has 1 heterocycles. The smallest absolute Gasteiger partial charge is 0.338 e. The van der Waals surface area contributed by atoms with Crippen LogP contribution in [0.25, 0.3) is 0 Å². The Hall–Kier alpha value is -2.17. The van der Waals surface area contributed by atoms with Gasteiger partial charge in [0.1, 0.15) is 0 Å². The van der Waals surface area contributed by atoms with Crippen molar-refractivity contribution in [3.05, 3.63) is 29.8 Å². The van der Waals surface area contributed by atoms with Crippen molar-refractivity contribution in [1.82, 2.24) is 0 Å². The molecule has 1 aromatic carbocycles. The van der Waals surface area contributed by atoms with Gasteiger partial charge in [-0.1, -0.05) is 13.8 Å². The molecule has 24 heavy (non-hydrogen) atoms. The molecule has 0 radical (unpaired) electrons. The Balaban J connectivity index is 1.78. The lowest BCUT2D eigenvalue weighted by Gasteiger charge is -2.25. The van der Waals surface area contributed by atoms with Crippen LogP contribution in [-0.2, 0) is 14.3 Å². The molecule has 1 aliphatic carbocycles. The van der Waals surface area contributed by atoms with Gasteiger partial charge in [0.25, 0.3) is 0 Å². The van der Waals surface area contributed by atoms with E-state index in [9.17, 15) is 14.4 Å². The second-order valence-electron chi connectivity index (χ2n) is 6.83. The number of rotatable bonds is 4. The molecule has 3 rings (SSSR count). The summed E-state index contributed by atoms with van der Waals surface area (Å²) in [6, 6.07) is 6.52. The van der Waals surface area contributed by atoms with Crippen LogP contribution in [0.15, 0.2) is 24.3 Å². The SMILES string of the molecule is CCCOC(=O)c1ccc(N2C(=O)[C@@H]3CC[C@@H](C)C[C@H]3C2=O)cc1. The minimum atomic E-state index is -0.384. The molecular formula is C19H23NO4. The molecule has 128 valence electrons. The lowest BCUT2D eigenvalue weighted by Crippen LogP contribution is -2.30. The molecule has 1 aliphatic heterocycles. The molecule has 3 atom stereocenters. The molecule has 0 spiro atoms. The van der Waals surface area contributed by atoms with Crippen molar-refractivity contribution in [2.24, 2.45) is 17.8 Å². The number of ether oxygens (including phenoxy) is 1. The van der Waals surface area contributed by atoms with Gasteiger partial charge in [-0.05, 0) is 55.9 Å². The average molecular weight is 329 g/mol. The van der Waals surface area contributed by atoms with Crippen LogP contribution in [0.2, 0.25) is 0 Å². The first kappa shape index (κ1) is 16.7. The summed E-state index contributed by atoms with van der Waals surface area (Å²) in [4.78, 5) is 38.4. The Kier molecular flexibility index (Phi) is 4.69. The monoisotopic (exact) mass is 329 g/mol. The first-order valence-electron chi connectivity index (χ1n) is 8.68. The number of esters is 1. The van der Waals surface area contributed by atoms with E-state index in [2.05, 4.69) is 6.92 Å². The van der Waals surface area contributed by atoms with E-state index in [1.165, 1.54) is 4.90 Å². The molecule has 1 aromatic rings. The molecule has 5 nitrogen and oxygen atoms in total. The third kappa shape index (κ3) is 2.95. The van der Waals surface area contributed by atoms with Gasteiger partial charge in [-0.15, -0.1) is 0 Å². The minimum absolute atomic E-state index is 0.0989. The van der Waals surface area contributed by atoms with Gasteiger partial charge in [0.15, 0.2) is 0 Å². The van der Waals surface area contributed by atoms with Crippen molar-refractivity contribution in [3.63, 3.8) is 0 Å². The fraction of sp³-hybridized carbons (Fsp3) is 0.526. The molecule has 0 N–H and O–H groups in total. The zero-order valence-corrected chi connectivity index (χ0v) is 14.2. The van der Waals surface area contributed by atoms with E-state index in [1.807, 2.05) is 6.92 Å². The fourth-order valence-electron chi connectivity index (χ4n) is 3.67. The van der Waals surface area contributed by atoms with E-state index in [0.717, 1.165) is 25.7 Å². The van der Waals surface area contributed by atoms with Crippen LogP contribution in [0.1, 0.15) is 49.9 Å². The van der Waals surface area contributed by atoms with Gasteiger partial charge in [0.2, 0.25) is 11.8 Å². The zero-order valence-electron chi connectivity index (χ0n) is 14.2. The summed E-state index contributed by atoms with van der Waals surface area (Å²) in [7, 11) is 0. The third-order valence-electron chi connectivity index (χ3n) is 4.99. The number of amides is 2. The first-order chi connectivity index (χ1) is 11.5. The second kappa shape index (κ2) is 6.75. The largest absolute Gasteiger partial charge is 0.462 e. The number of fused-ring (bicyclic) bond motifs is 1. The maximum absolute atomic E-state index is 12.7. The predicted octanol–water partition coefficient (Wildman–Crippen LogP) is 3.18. The Bertz CT molecular complexity index is 652. The summed E-state index contributed by atoms with van der Waals surface area (Å²) < 4.78 is 5.09. The van der Waals surface area contributed by atoms with Crippen molar-refractivity contribution in [1.29, 1.82) is 0 Å². The molecule has 0 aromatic heterocycles. The molecular weight excluding hydrogens is 306 g/mol. The zero-order chi connectivity index (χ0) is 17.3. The lowest BCUT2D eigenvalue weighted by molar-refractivity contribution is -0.122. The number of carbonyl (C=O) groups excluding carboxylic acids is 3. The highest BCUT2D eigenvalue weighted by molar-refractivity contribution is 6.22. The number of nitrogens with zero attached hydrogens (tertiary/aromatic N) is 1. The Labute approximate surface area is 142 Å². The Morgan fingerprint density at radius 2 is 1.79 bits per heavy atom. The maximum Gasteiger partial charge on any atom is 0.338 e. The van der Waals surface area contributed by atoms with E-state index in [-0.39, 0.29) is 29.6 Å². The highest BCUT2D eigenvalue weighted by Crippen LogP contribution is 2.42. The van der Waals surface area contributed by atoms with E-state index in [4.69, 9.17) is 4.74 Å². The van der Waals surface area contributed by atoms with Crippen molar-refractivity contribution in [3.8, 4) is 0 Å². The summed E-state index contributed by atoms with van der Waals surface area (Å²) in [6.07, 6.45) is 3.33. The van der Waals surface area contributed by atoms with E-state index in [1.54, 1.807) is 24.3 Å². The van der Waals surface area contributed by atoms with E-state index >= 15 is 0 Å². The number of benzene rings is 1. The molecule has 2 amide bonds. The molecule has 0 bridgehead atoms. The Morgan fingerprint density at radius 3 is 2.46 bits per heavy atom. The standard InChI is InChI=1S/C19H23NO4/c1-3-10-24-19(23)13-5-7-14(8-6-13)20-17(21)15-9-4-12(2)11-16(15)18(20)22/h5-8,12,15-16H,3-4,9-11H2,1-2H3/t12-,15-,16-/m1/s1. The highest BCUT2D eigenvalue weighted by Gasteiger charge is 2.49. The van der Waals surface area contributed by atoms with Crippen molar-refractivity contribution >= 4 is 23.5 Å². The molecule has 1 saturated carbocycles. The van der Waals surface area contributed by atoms with Gasteiger partial charge < -0.3 is 4.74 Å². The highest BCUT2D eigenvalue weighted by atomic mass is 16.5. The van der Waals surface area contributed by atoms with Gasteiger partial charge in [0.05, 0.1) is 29.7 Å². The number of hydrogen-bond acceptors (Lipinski definition) is 4. The molecule has 1 saturated heterocycles. The molecule has 0 unspecified atom stereocenters. The van der Waals surface area contributed by atoms with Crippen LogP contribution < -0.4 is 4.90 Å². The lowest BCUT2D eigenvalue weighted by atomic mass is 9.76. The van der Waals surface area contributed by atoms with Crippen LogP contribution >= 0.6 is 0 Å². The van der Waals surface area contributed by atoms with Crippen LogP contribution in [0.4, 0.5) is 5.69 Å². The summed E-state index contributed by atoms with van der Waals surface area (Å²) in [6.45, 7) is 4.44. The van der Waals surface area contributed by atoms with Crippen molar-refractivity contribution in [2.75, 3.05) is 11.5 Å². The number of carbonyl (C=O) groups is 3. The summed E-state index contributed by atoms with van der Waals surface area (Å²) in [5.41, 5.74) is 0.969. The minimum Gasteiger partial charge on any atom is -0.462 e. The molecule has 2 aliphatic rings. The average Bonchev–Trinajstić information content (AvgIpc) is 2.83. The number of anilines is 1. The summed E-state index contributed by atoms with van der Waals surface area (Å²) >= 11 is 0. The fourth-order valence-corrected chi connectivity index (χ4v) is 3.67. The second-order valence-corrected chi connectivity index (χ2v) is 6.83. The maximum atomic E-state index is 12.7. The number of hydrogen-bond donors (Lipinski definition) is 0. The van der Waals surface area contributed by atoms with Gasteiger partial charge in [-0.2, -0.15) is 0 Å². The summed E-state index contributed by atoms with van der Waals surface area (Å²) in [5.74, 6) is -0.460. The van der Waals surface area contributed by atoms with Crippen LogP contribution in [0.5, 0.6) is 0 Å². The molecule has 5 heteroatoms. The van der Waals surface area contributed by atoms with Crippen molar-refractivity contribution < 1.29 is 19.1 Å². The molecule has 2 fully saturated rings. The van der Waals surface area contributed by atoms with Crippen LogP contribution in [0, 0.1) is 17.8 Å². The van der Waals surface area contributed by atoms with Gasteiger partial charge in [-0.25, -0.2) is 4.79 Å². The normalized spacial score (nSPS) is 26.4. The summed E-state index contributed by atoms with van der Waals surface area (Å²) in [5, 5.41) is 0. The van der Waals surface area contributed by atoms with E-state index in [0.29, 0.717) is 23.8 Å². The quantitative estimate of drug-likeness (QED) is 0.629. The predicted molar refractivity (Wildman–Crippen MR) is 89.5 cm³/mol. The van der Waals surface area contributed by atoms with Crippen LogP contribution in [0.3, 0.4) is 0 Å². The van der Waals surface area contributed by atoms with Crippen molar-refractivity contribution in [2.45, 2.75) is 39.5 Å². The van der Waals surface area contributed by atoms with Gasteiger partial charge >= 0.3 is 5.97 Å². The van der Waals surface area contributed by atoms with Gasteiger partial charge in [0, 0.05) is 0 Å². The van der Waals surface area contributed by atoms with Gasteiger partial charge in [-0.3, -0.25) is 14.5 Å². The third-order valence-corrected chi connectivity index (χ3v) is 4.99. The topological polar surface area (TPSA) is 63.7 Å². The Morgan fingerprint density at radius 1 is 1.12 bits per heavy atom.